The number of aliphatic hydroxyl groups is 2. The van der Waals surface area contributed by atoms with Gasteiger partial charge in [0.2, 0.25) is 0 Å². The van der Waals surface area contributed by atoms with Gasteiger partial charge in [-0.25, -0.2) is 9.18 Å². The quantitative estimate of drug-likeness (QED) is 0.899. The number of carbonyl (C=O) groups excluding carboxylic acids is 1. The molecule has 6 heteroatoms. The van der Waals surface area contributed by atoms with E-state index in [2.05, 4.69) is 0 Å². The third kappa shape index (κ3) is 3.56. The lowest BCUT2D eigenvalue weighted by Gasteiger charge is -2.44. The Hall–Kier alpha value is -1.66. The molecule has 5 nitrogen and oxygen atoms in total. The Labute approximate surface area is 129 Å². The fraction of sp³-hybridized carbons (Fsp3) is 0.562. The molecule has 1 aromatic rings. The van der Waals surface area contributed by atoms with Crippen LogP contribution in [0, 0.1) is 5.82 Å². The number of amides is 1. The molecule has 2 rings (SSSR count). The maximum Gasteiger partial charge on any atom is 0.410 e. The number of carbonyl (C=O) groups is 1. The van der Waals surface area contributed by atoms with Crippen molar-refractivity contribution >= 4 is 6.09 Å². The molecule has 0 saturated carbocycles. The highest BCUT2D eigenvalue weighted by Crippen LogP contribution is 2.33. The zero-order valence-electron chi connectivity index (χ0n) is 13.0. The molecule has 0 spiro atoms. The van der Waals surface area contributed by atoms with Crippen molar-refractivity contribution in [3.63, 3.8) is 0 Å². The average Bonchev–Trinajstić information content (AvgIpc) is 2.34. The number of halogens is 1. The van der Waals surface area contributed by atoms with Crippen molar-refractivity contribution in [2.75, 3.05) is 6.54 Å². The van der Waals surface area contributed by atoms with Gasteiger partial charge in [0.15, 0.2) is 0 Å². The monoisotopic (exact) mass is 311 g/mol. The molecule has 0 aliphatic carbocycles. The summed E-state index contributed by atoms with van der Waals surface area (Å²) >= 11 is 0. The van der Waals surface area contributed by atoms with Crippen LogP contribution in [0.2, 0.25) is 0 Å². The first-order valence-corrected chi connectivity index (χ1v) is 7.30. The van der Waals surface area contributed by atoms with Gasteiger partial charge in [0.1, 0.15) is 11.4 Å². The van der Waals surface area contributed by atoms with E-state index >= 15 is 0 Å². The first-order valence-electron chi connectivity index (χ1n) is 7.30. The van der Waals surface area contributed by atoms with Crippen molar-refractivity contribution in [2.24, 2.45) is 0 Å². The van der Waals surface area contributed by atoms with E-state index in [-0.39, 0.29) is 6.61 Å². The number of aliphatic hydroxyl groups excluding tert-OH is 2. The second-order valence-electron chi connectivity index (χ2n) is 6.48. The lowest BCUT2D eigenvalue weighted by molar-refractivity contribution is -0.0413. The summed E-state index contributed by atoms with van der Waals surface area (Å²) < 4.78 is 18.5. The molecule has 0 aromatic heterocycles. The van der Waals surface area contributed by atoms with E-state index in [0.29, 0.717) is 24.1 Å². The van der Waals surface area contributed by atoms with Crippen LogP contribution in [0.4, 0.5) is 9.18 Å². The van der Waals surface area contributed by atoms with E-state index in [9.17, 15) is 19.4 Å². The standard InChI is InChI=1S/C16H22FNO4/c1-16(2,3)22-15(21)18-7-6-13(18)14(20)12-5-4-11(17)8-10(12)9-19/h4-5,8,13-14,19-20H,6-7,9H2,1-3H3/t13-,14?/m0/s1. The highest BCUT2D eigenvalue weighted by molar-refractivity contribution is 5.69. The van der Waals surface area contributed by atoms with Crippen LogP contribution in [0.3, 0.4) is 0 Å². The molecule has 0 bridgehead atoms. The Morgan fingerprint density at radius 1 is 1.50 bits per heavy atom. The molecular weight excluding hydrogens is 289 g/mol. The smallest absolute Gasteiger partial charge is 0.410 e. The number of rotatable bonds is 3. The number of nitrogens with zero attached hydrogens (tertiary/aromatic N) is 1. The van der Waals surface area contributed by atoms with Crippen LogP contribution in [0.5, 0.6) is 0 Å². The summed E-state index contributed by atoms with van der Waals surface area (Å²) in [4.78, 5) is 13.5. The van der Waals surface area contributed by atoms with E-state index in [0.717, 1.165) is 0 Å². The van der Waals surface area contributed by atoms with Crippen molar-refractivity contribution < 1.29 is 24.1 Å². The predicted octanol–water partition coefficient (Wildman–Crippen LogP) is 2.36. The molecule has 2 N–H and O–H groups in total. The van der Waals surface area contributed by atoms with Crippen LogP contribution < -0.4 is 0 Å². The maximum atomic E-state index is 13.2. The number of hydrogen-bond acceptors (Lipinski definition) is 4. The van der Waals surface area contributed by atoms with Gasteiger partial charge in [-0.2, -0.15) is 0 Å². The summed E-state index contributed by atoms with van der Waals surface area (Å²) in [5.74, 6) is -0.474. The maximum absolute atomic E-state index is 13.2. The van der Waals surface area contributed by atoms with Crippen LogP contribution in [-0.2, 0) is 11.3 Å². The summed E-state index contributed by atoms with van der Waals surface area (Å²) in [6.07, 6.45) is -0.831. The molecule has 1 heterocycles. The number of likely N-dealkylation sites (tertiary alicyclic amines) is 1. The Bertz CT molecular complexity index is 556. The molecular formula is C16H22FNO4. The van der Waals surface area contributed by atoms with Gasteiger partial charge in [-0.05, 0) is 50.5 Å². The molecule has 122 valence electrons. The van der Waals surface area contributed by atoms with E-state index < -0.39 is 29.7 Å². The minimum absolute atomic E-state index is 0.323. The van der Waals surface area contributed by atoms with Crippen molar-refractivity contribution in [1.29, 1.82) is 0 Å². The molecule has 0 radical (unpaired) electrons. The van der Waals surface area contributed by atoms with Crippen molar-refractivity contribution in [3.05, 3.63) is 35.1 Å². The Balaban J connectivity index is 2.13. The Morgan fingerprint density at radius 3 is 2.68 bits per heavy atom. The van der Waals surface area contributed by atoms with Crippen molar-refractivity contribution in [1.82, 2.24) is 4.90 Å². The number of benzene rings is 1. The SMILES string of the molecule is CC(C)(C)OC(=O)N1CC[C@H]1C(O)c1ccc(F)cc1CO. The summed E-state index contributed by atoms with van der Waals surface area (Å²) in [6, 6.07) is 3.44. The molecule has 22 heavy (non-hydrogen) atoms. The van der Waals surface area contributed by atoms with Crippen LogP contribution in [0.15, 0.2) is 18.2 Å². The minimum atomic E-state index is -0.982. The molecule has 1 amide bonds. The fourth-order valence-corrected chi connectivity index (χ4v) is 2.49. The van der Waals surface area contributed by atoms with Gasteiger partial charge in [0.25, 0.3) is 0 Å². The second kappa shape index (κ2) is 6.22. The van der Waals surface area contributed by atoms with Crippen molar-refractivity contribution in [3.8, 4) is 0 Å². The normalized spacial score (nSPS) is 19.5. The van der Waals surface area contributed by atoms with Crippen LogP contribution in [0.1, 0.15) is 44.4 Å². The zero-order chi connectivity index (χ0) is 16.5. The third-order valence-electron chi connectivity index (χ3n) is 3.65. The molecule has 1 unspecified atom stereocenters. The highest BCUT2D eigenvalue weighted by Gasteiger charge is 2.40. The Kier molecular flexibility index (Phi) is 4.72. The van der Waals surface area contributed by atoms with Gasteiger partial charge in [0, 0.05) is 6.54 Å². The molecule has 2 atom stereocenters. The topological polar surface area (TPSA) is 70.0 Å². The highest BCUT2D eigenvalue weighted by atomic mass is 19.1. The van der Waals surface area contributed by atoms with Gasteiger partial charge in [0.05, 0.1) is 18.8 Å². The minimum Gasteiger partial charge on any atom is -0.444 e. The molecule has 1 aromatic carbocycles. The second-order valence-corrected chi connectivity index (χ2v) is 6.48. The van der Waals surface area contributed by atoms with Gasteiger partial charge in [-0.1, -0.05) is 6.07 Å². The van der Waals surface area contributed by atoms with E-state index in [1.54, 1.807) is 20.8 Å². The van der Waals surface area contributed by atoms with Crippen LogP contribution >= 0.6 is 0 Å². The van der Waals surface area contributed by atoms with Gasteiger partial charge >= 0.3 is 6.09 Å². The summed E-state index contributed by atoms with van der Waals surface area (Å²) in [5.41, 5.74) is 0.152. The van der Waals surface area contributed by atoms with E-state index in [1.807, 2.05) is 0 Å². The van der Waals surface area contributed by atoms with Crippen molar-refractivity contribution in [2.45, 2.75) is 51.5 Å². The van der Waals surface area contributed by atoms with Gasteiger partial charge in [-0.15, -0.1) is 0 Å². The van der Waals surface area contributed by atoms with Gasteiger partial charge < -0.3 is 19.8 Å². The van der Waals surface area contributed by atoms with E-state index in [4.69, 9.17) is 4.74 Å². The molecule has 1 aliphatic rings. The average molecular weight is 311 g/mol. The summed E-state index contributed by atoms with van der Waals surface area (Å²) in [5, 5.41) is 19.8. The first kappa shape index (κ1) is 16.7. The summed E-state index contributed by atoms with van der Waals surface area (Å²) in [6.45, 7) is 5.47. The first-order chi connectivity index (χ1) is 10.2. The van der Waals surface area contributed by atoms with Gasteiger partial charge in [-0.3, -0.25) is 0 Å². The number of ether oxygens (including phenoxy) is 1. The lowest BCUT2D eigenvalue weighted by atomic mass is 9.90. The summed E-state index contributed by atoms with van der Waals surface area (Å²) in [7, 11) is 0. The lowest BCUT2D eigenvalue weighted by Crippen LogP contribution is -2.55. The van der Waals surface area contributed by atoms with Crippen LogP contribution in [-0.4, -0.2) is 39.4 Å². The molecule has 1 fully saturated rings. The third-order valence-corrected chi connectivity index (χ3v) is 3.65. The van der Waals surface area contributed by atoms with Crippen LogP contribution in [0.25, 0.3) is 0 Å². The molecule has 1 saturated heterocycles. The number of hydrogen-bond donors (Lipinski definition) is 2. The zero-order valence-corrected chi connectivity index (χ0v) is 13.0. The fourth-order valence-electron chi connectivity index (χ4n) is 2.49. The molecule has 1 aliphatic heterocycles. The largest absolute Gasteiger partial charge is 0.444 e. The predicted molar refractivity (Wildman–Crippen MR) is 78.6 cm³/mol. The van der Waals surface area contributed by atoms with E-state index in [1.165, 1.54) is 23.1 Å². The Morgan fingerprint density at radius 2 is 2.18 bits per heavy atom.